The number of thiazole rings is 1. The average molecular weight is 208 g/mol. The highest BCUT2D eigenvalue weighted by molar-refractivity contribution is 7.22. The van der Waals surface area contributed by atoms with Crippen LogP contribution in [-0.4, -0.2) is 23.1 Å². The fourth-order valence-electron chi connectivity index (χ4n) is 1.23. The zero-order chi connectivity index (χ0) is 10.1. The van der Waals surface area contributed by atoms with Gasteiger partial charge in [-0.2, -0.15) is 0 Å². The Morgan fingerprint density at radius 1 is 1.57 bits per heavy atom. The molecule has 0 fully saturated rings. The summed E-state index contributed by atoms with van der Waals surface area (Å²) in [4.78, 5) is 15.0. The Kier molecular flexibility index (Phi) is 2.09. The number of rotatable bonds is 2. The minimum absolute atomic E-state index is 0.250. The van der Waals surface area contributed by atoms with Gasteiger partial charge in [0.2, 0.25) is 0 Å². The largest absolute Gasteiger partial charge is 0.478 e. The van der Waals surface area contributed by atoms with Crippen LogP contribution in [0.15, 0.2) is 18.2 Å². The van der Waals surface area contributed by atoms with E-state index in [1.54, 1.807) is 19.2 Å². The molecule has 0 saturated carbocycles. The maximum atomic E-state index is 10.9. The van der Waals surface area contributed by atoms with Crippen LogP contribution in [-0.2, 0) is 0 Å². The molecule has 2 aromatic rings. The van der Waals surface area contributed by atoms with Crippen molar-refractivity contribution in [1.82, 2.24) is 4.98 Å². The summed E-state index contributed by atoms with van der Waals surface area (Å²) in [6.07, 6.45) is 0. The summed E-state index contributed by atoms with van der Waals surface area (Å²) in [5.74, 6) is -0.941. The first kappa shape index (κ1) is 8.96. The van der Waals surface area contributed by atoms with Gasteiger partial charge in [-0.1, -0.05) is 17.4 Å². The van der Waals surface area contributed by atoms with E-state index in [-0.39, 0.29) is 5.56 Å². The van der Waals surface area contributed by atoms with Gasteiger partial charge < -0.3 is 10.4 Å². The first-order chi connectivity index (χ1) is 6.72. The van der Waals surface area contributed by atoms with Gasteiger partial charge in [-0.3, -0.25) is 0 Å². The van der Waals surface area contributed by atoms with Crippen LogP contribution in [0.25, 0.3) is 10.2 Å². The third kappa shape index (κ3) is 1.31. The quantitative estimate of drug-likeness (QED) is 0.792. The van der Waals surface area contributed by atoms with E-state index in [1.165, 1.54) is 11.3 Å². The first-order valence-corrected chi connectivity index (χ1v) is 4.84. The topological polar surface area (TPSA) is 62.2 Å². The van der Waals surface area contributed by atoms with Gasteiger partial charge >= 0.3 is 5.97 Å². The van der Waals surface area contributed by atoms with Crippen molar-refractivity contribution >= 4 is 32.7 Å². The molecule has 0 aliphatic carbocycles. The van der Waals surface area contributed by atoms with Gasteiger partial charge in [0.1, 0.15) is 0 Å². The van der Waals surface area contributed by atoms with E-state index < -0.39 is 5.97 Å². The summed E-state index contributed by atoms with van der Waals surface area (Å²) in [7, 11) is 1.76. The summed E-state index contributed by atoms with van der Waals surface area (Å²) in [6, 6.07) is 5.15. The van der Waals surface area contributed by atoms with E-state index in [1.807, 2.05) is 6.07 Å². The molecule has 2 rings (SSSR count). The van der Waals surface area contributed by atoms with Crippen molar-refractivity contribution in [2.75, 3.05) is 12.4 Å². The van der Waals surface area contributed by atoms with Crippen molar-refractivity contribution < 1.29 is 9.90 Å². The zero-order valence-electron chi connectivity index (χ0n) is 7.44. The molecule has 0 aliphatic heterocycles. The Morgan fingerprint density at radius 2 is 2.36 bits per heavy atom. The maximum Gasteiger partial charge on any atom is 0.337 e. The number of hydrogen-bond donors (Lipinski definition) is 2. The molecule has 0 saturated heterocycles. The number of aromatic carboxylic acids is 1. The lowest BCUT2D eigenvalue weighted by Gasteiger charge is -1.93. The number of aromatic nitrogens is 1. The Bertz CT molecular complexity index is 493. The number of carboxylic acid groups (broad SMARTS) is 1. The second-order valence-corrected chi connectivity index (χ2v) is 3.76. The lowest BCUT2D eigenvalue weighted by molar-refractivity contribution is 0.0699. The fraction of sp³-hybridized carbons (Fsp3) is 0.111. The van der Waals surface area contributed by atoms with Gasteiger partial charge in [0.25, 0.3) is 0 Å². The first-order valence-electron chi connectivity index (χ1n) is 4.03. The number of fused-ring (bicyclic) bond motifs is 1. The normalized spacial score (nSPS) is 10.4. The molecule has 1 aromatic heterocycles. The molecule has 4 nitrogen and oxygen atoms in total. The molecule has 0 unspecified atom stereocenters. The van der Waals surface area contributed by atoms with E-state index in [0.29, 0.717) is 5.52 Å². The molecule has 1 heterocycles. The Balaban J connectivity index is 2.73. The zero-order valence-corrected chi connectivity index (χ0v) is 8.26. The number of anilines is 1. The molecule has 0 amide bonds. The van der Waals surface area contributed by atoms with Crippen LogP contribution in [0.5, 0.6) is 0 Å². The van der Waals surface area contributed by atoms with Gasteiger partial charge in [0.15, 0.2) is 5.13 Å². The molecule has 0 atom stereocenters. The van der Waals surface area contributed by atoms with Gasteiger partial charge in [0.05, 0.1) is 15.8 Å². The summed E-state index contributed by atoms with van der Waals surface area (Å²) in [5.41, 5.74) is 0.801. The summed E-state index contributed by atoms with van der Waals surface area (Å²) in [6.45, 7) is 0. The molecular weight excluding hydrogens is 200 g/mol. The highest BCUT2D eigenvalue weighted by Gasteiger charge is 2.11. The molecule has 5 heteroatoms. The Hall–Kier alpha value is -1.62. The van der Waals surface area contributed by atoms with Gasteiger partial charge in [-0.05, 0) is 12.1 Å². The van der Waals surface area contributed by atoms with Crippen LogP contribution in [0.2, 0.25) is 0 Å². The van der Waals surface area contributed by atoms with Crippen LogP contribution in [0, 0.1) is 0 Å². The monoisotopic (exact) mass is 208 g/mol. The molecule has 0 aliphatic rings. The average Bonchev–Trinajstić information content (AvgIpc) is 2.59. The van der Waals surface area contributed by atoms with Crippen molar-refractivity contribution in [1.29, 1.82) is 0 Å². The maximum absolute atomic E-state index is 10.9. The van der Waals surface area contributed by atoms with Crippen molar-refractivity contribution in [3.63, 3.8) is 0 Å². The smallest absolute Gasteiger partial charge is 0.337 e. The number of nitrogens with zero attached hydrogens (tertiary/aromatic N) is 1. The van der Waals surface area contributed by atoms with Gasteiger partial charge in [-0.25, -0.2) is 9.78 Å². The second-order valence-electron chi connectivity index (χ2n) is 2.73. The van der Waals surface area contributed by atoms with Gasteiger partial charge in [0, 0.05) is 7.05 Å². The predicted molar refractivity (Wildman–Crippen MR) is 56.1 cm³/mol. The SMILES string of the molecule is CNc1nc2c(C(=O)O)cccc2s1. The highest BCUT2D eigenvalue weighted by Crippen LogP contribution is 2.27. The number of para-hydroxylation sites is 1. The van der Waals surface area contributed by atoms with E-state index >= 15 is 0 Å². The minimum atomic E-state index is -0.941. The van der Waals surface area contributed by atoms with E-state index in [9.17, 15) is 4.79 Å². The third-order valence-electron chi connectivity index (χ3n) is 1.86. The molecule has 0 radical (unpaired) electrons. The van der Waals surface area contributed by atoms with Crippen LogP contribution in [0.4, 0.5) is 5.13 Å². The second kappa shape index (κ2) is 3.26. The van der Waals surface area contributed by atoms with Crippen molar-refractivity contribution in [3.05, 3.63) is 23.8 Å². The summed E-state index contributed by atoms with van der Waals surface area (Å²) >= 11 is 1.44. The fourth-order valence-corrected chi connectivity index (χ4v) is 2.07. The number of carbonyl (C=O) groups is 1. The molecule has 14 heavy (non-hydrogen) atoms. The summed E-state index contributed by atoms with van der Waals surface area (Å²) in [5, 5.41) is 12.5. The molecule has 0 spiro atoms. The van der Waals surface area contributed by atoms with Crippen molar-refractivity contribution in [3.8, 4) is 0 Å². The van der Waals surface area contributed by atoms with Crippen LogP contribution < -0.4 is 5.32 Å². The lowest BCUT2D eigenvalue weighted by Crippen LogP contribution is -1.96. The number of hydrogen-bond acceptors (Lipinski definition) is 4. The van der Waals surface area contributed by atoms with E-state index in [4.69, 9.17) is 5.11 Å². The summed E-state index contributed by atoms with van der Waals surface area (Å²) < 4.78 is 0.884. The number of benzene rings is 1. The lowest BCUT2D eigenvalue weighted by atomic mass is 10.2. The van der Waals surface area contributed by atoms with Crippen LogP contribution >= 0.6 is 11.3 Å². The number of carboxylic acids is 1. The standard InChI is InChI=1S/C9H8N2O2S/c1-10-9-11-7-5(8(12)13)3-2-4-6(7)14-9/h2-4H,1H3,(H,10,11)(H,12,13). The minimum Gasteiger partial charge on any atom is -0.478 e. The Labute approximate surface area is 84.2 Å². The molecule has 2 N–H and O–H groups in total. The highest BCUT2D eigenvalue weighted by atomic mass is 32.1. The number of nitrogens with one attached hydrogen (secondary N) is 1. The van der Waals surface area contributed by atoms with Crippen molar-refractivity contribution in [2.24, 2.45) is 0 Å². The van der Waals surface area contributed by atoms with Crippen LogP contribution in [0.3, 0.4) is 0 Å². The predicted octanol–water partition coefficient (Wildman–Crippen LogP) is 2.04. The molecule has 1 aromatic carbocycles. The molecular formula is C9H8N2O2S. The third-order valence-corrected chi connectivity index (χ3v) is 2.90. The van der Waals surface area contributed by atoms with Crippen LogP contribution in [0.1, 0.15) is 10.4 Å². The molecule has 0 bridgehead atoms. The van der Waals surface area contributed by atoms with E-state index in [2.05, 4.69) is 10.3 Å². The Morgan fingerprint density at radius 3 is 3.00 bits per heavy atom. The van der Waals surface area contributed by atoms with E-state index in [0.717, 1.165) is 9.83 Å². The van der Waals surface area contributed by atoms with Crippen molar-refractivity contribution in [2.45, 2.75) is 0 Å². The van der Waals surface area contributed by atoms with Gasteiger partial charge in [-0.15, -0.1) is 0 Å². The molecule has 72 valence electrons.